The van der Waals surface area contributed by atoms with Crippen LogP contribution in [0.2, 0.25) is 0 Å². The summed E-state index contributed by atoms with van der Waals surface area (Å²) in [7, 11) is -3.17. The first-order valence-corrected chi connectivity index (χ1v) is 8.41. The molecule has 1 N–H and O–H groups in total. The van der Waals surface area contributed by atoms with Crippen LogP contribution in [0.1, 0.15) is 23.7 Å². The van der Waals surface area contributed by atoms with E-state index in [9.17, 15) is 22.0 Å². The van der Waals surface area contributed by atoms with Crippen LogP contribution in [-0.2, 0) is 9.84 Å². The molecule has 4 nitrogen and oxygen atoms in total. The molecule has 0 radical (unpaired) electrons. The summed E-state index contributed by atoms with van der Waals surface area (Å²) >= 11 is 2.99. The third-order valence-electron chi connectivity index (χ3n) is 3.17. The van der Waals surface area contributed by atoms with E-state index in [2.05, 4.69) is 21.2 Å². The lowest BCUT2D eigenvalue weighted by Crippen LogP contribution is -2.47. The third-order valence-corrected chi connectivity index (χ3v) is 5.73. The molecule has 1 aromatic carbocycles. The van der Waals surface area contributed by atoms with Gasteiger partial charge in [-0.1, -0.05) is 0 Å². The molecule has 1 atom stereocenters. The van der Waals surface area contributed by atoms with Crippen LogP contribution >= 0.6 is 15.9 Å². The summed E-state index contributed by atoms with van der Waals surface area (Å²) in [6.07, 6.45) is 0.294. The van der Waals surface area contributed by atoms with Gasteiger partial charge in [0.1, 0.15) is 0 Å². The fraction of sp³-hybridized carbons (Fsp3) is 0.417. The van der Waals surface area contributed by atoms with Gasteiger partial charge >= 0.3 is 0 Å². The van der Waals surface area contributed by atoms with Crippen molar-refractivity contribution in [3.8, 4) is 0 Å². The Labute approximate surface area is 123 Å². The van der Waals surface area contributed by atoms with E-state index in [1.165, 1.54) is 0 Å². The molecular formula is C12H12BrF2NO3S. The Balaban J connectivity index is 2.23. The van der Waals surface area contributed by atoms with Crippen molar-refractivity contribution in [2.75, 3.05) is 11.5 Å². The van der Waals surface area contributed by atoms with Gasteiger partial charge in [0.05, 0.1) is 22.6 Å². The van der Waals surface area contributed by atoms with Crippen LogP contribution in [0, 0.1) is 11.6 Å². The van der Waals surface area contributed by atoms with Gasteiger partial charge in [-0.25, -0.2) is 17.2 Å². The molecule has 8 heteroatoms. The molecule has 0 bridgehead atoms. The van der Waals surface area contributed by atoms with Crippen LogP contribution in [0.15, 0.2) is 16.6 Å². The highest BCUT2D eigenvalue weighted by Crippen LogP contribution is 2.25. The number of amides is 1. The fourth-order valence-corrected chi connectivity index (χ4v) is 4.74. The maximum atomic E-state index is 13.2. The van der Waals surface area contributed by atoms with E-state index in [0.29, 0.717) is 6.42 Å². The molecular weight excluding hydrogens is 356 g/mol. The second kappa shape index (κ2) is 5.07. The largest absolute Gasteiger partial charge is 0.346 e. The highest BCUT2D eigenvalue weighted by molar-refractivity contribution is 9.10. The zero-order chi connectivity index (χ0) is 15.1. The number of sulfone groups is 1. The van der Waals surface area contributed by atoms with E-state index in [1.807, 2.05) is 0 Å². The van der Waals surface area contributed by atoms with Gasteiger partial charge in [0.2, 0.25) is 0 Å². The molecule has 1 saturated heterocycles. The molecule has 1 amide bonds. The highest BCUT2D eigenvalue weighted by atomic mass is 79.9. The molecule has 1 fully saturated rings. The third kappa shape index (κ3) is 3.17. The molecule has 20 heavy (non-hydrogen) atoms. The van der Waals surface area contributed by atoms with Gasteiger partial charge in [-0.3, -0.25) is 4.79 Å². The van der Waals surface area contributed by atoms with E-state index in [4.69, 9.17) is 0 Å². The molecule has 1 heterocycles. The normalized spacial score (nSPS) is 24.6. The summed E-state index contributed by atoms with van der Waals surface area (Å²) < 4.78 is 49.2. The van der Waals surface area contributed by atoms with E-state index < -0.39 is 32.9 Å². The minimum Gasteiger partial charge on any atom is -0.346 e. The topological polar surface area (TPSA) is 63.2 Å². The highest BCUT2D eigenvalue weighted by Gasteiger charge is 2.39. The lowest BCUT2D eigenvalue weighted by molar-refractivity contribution is 0.0914. The first-order valence-electron chi connectivity index (χ1n) is 5.79. The maximum Gasteiger partial charge on any atom is 0.252 e. The standard InChI is InChI=1S/C12H12BrF2NO3S/c1-12(2-3-20(18,19)6-12)16-11(17)7-4-9(14)10(15)5-8(7)13/h4-5H,2-3,6H2,1H3,(H,16,17). The molecule has 1 aliphatic heterocycles. The fourth-order valence-electron chi connectivity index (χ4n) is 2.15. The number of hydrogen-bond donors (Lipinski definition) is 1. The number of benzene rings is 1. The van der Waals surface area contributed by atoms with Crippen LogP contribution in [0.5, 0.6) is 0 Å². The Morgan fingerprint density at radius 1 is 1.35 bits per heavy atom. The maximum absolute atomic E-state index is 13.2. The van der Waals surface area contributed by atoms with Crippen molar-refractivity contribution in [2.45, 2.75) is 18.9 Å². The molecule has 0 aliphatic carbocycles. The number of carbonyl (C=O) groups is 1. The smallest absolute Gasteiger partial charge is 0.252 e. The summed E-state index contributed by atoms with van der Waals surface area (Å²) in [6, 6.07) is 1.64. The molecule has 110 valence electrons. The Kier molecular flexibility index (Phi) is 3.90. The molecule has 1 unspecified atom stereocenters. The van der Waals surface area contributed by atoms with E-state index >= 15 is 0 Å². The van der Waals surface area contributed by atoms with Gasteiger partial charge in [-0.05, 0) is 41.4 Å². The van der Waals surface area contributed by atoms with Crippen LogP contribution in [-0.4, -0.2) is 31.4 Å². The van der Waals surface area contributed by atoms with Crippen molar-refractivity contribution in [1.29, 1.82) is 0 Å². The molecule has 0 saturated carbocycles. The zero-order valence-electron chi connectivity index (χ0n) is 10.5. The second-order valence-electron chi connectivity index (χ2n) is 5.10. The summed E-state index contributed by atoms with van der Waals surface area (Å²) in [5.74, 6) is -3.00. The quantitative estimate of drug-likeness (QED) is 0.813. The Morgan fingerprint density at radius 2 is 1.95 bits per heavy atom. The lowest BCUT2D eigenvalue weighted by Gasteiger charge is -2.24. The van der Waals surface area contributed by atoms with Gasteiger partial charge in [-0.15, -0.1) is 0 Å². The monoisotopic (exact) mass is 367 g/mol. The average molecular weight is 368 g/mol. The van der Waals surface area contributed by atoms with Gasteiger partial charge in [-0.2, -0.15) is 0 Å². The molecule has 0 aromatic heterocycles. The minimum absolute atomic E-state index is 0.00271. The van der Waals surface area contributed by atoms with Crippen LogP contribution in [0.25, 0.3) is 0 Å². The number of nitrogens with one attached hydrogen (secondary N) is 1. The molecule has 0 spiro atoms. The summed E-state index contributed by atoms with van der Waals surface area (Å²) in [5.41, 5.74) is -0.963. The van der Waals surface area contributed by atoms with Gasteiger partial charge in [0.15, 0.2) is 21.5 Å². The van der Waals surface area contributed by atoms with Crippen LogP contribution in [0.3, 0.4) is 0 Å². The SMILES string of the molecule is CC1(NC(=O)c2cc(F)c(F)cc2Br)CCS(=O)(=O)C1. The second-order valence-corrected chi connectivity index (χ2v) is 8.14. The summed E-state index contributed by atoms with van der Waals surface area (Å²) in [6.45, 7) is 1.61. The minimum atomic E-state index is -3.17. The number of hydrogen-bond acceptors (Lipinski definition) is 3. The van der Waals surface area contributed by atoms with Crippen molar-refractivity contribution < 1.29 is 22.0 Å². The predicted molar refractivity (Wildman–Crippen MR) is 73.2 cm³/mol. The number of carbonyl (C=O) groups excluding carboxylic acids is 1. The molecule has 1 aromatic rings. The Morgan fingerprint density at radius 3 is 2.50 bits per heavy atom. The number of halogens is 3. The van der Waals surface area contributed by atoms with E-state index in [1.54, 1.807) is 6.92 Å². The van der Waals surface area contributed by atoms with E-state index in [0.717, 1.165) is 12.1 Å². The summed E-state index contributed by atoms with van der Waals surface area (Å²) in [4.78, 5) is 12.1. The zero-order valence-corrected chi connectivity index (χ0v) is 12.9. The van der Waals surface area contributed by atoms with Gasteiger partial charge in [0.25, 0.3) is 5.91 Å². The molecule has 2 rings (SSSR count). The first-order chi connectivity index (χ1) is 9.12. The van der Waals surface area contributed by atoms with Crippen LogP contribution in [0.4, 0.5) is 8.78 Å². The molecule has 1 aliphatic rings. The van der Waals surface area contributed by atoms with Crippen LogP contribution < -0.4 is 5.32 Å². The Hall–Kier alpha value is -1.02. The van der Waals surface area contributed by atoms with Crippen molar-refractivity contribution in [2.24, 2.45) is 0 Å². The lowest BCUT2D eigenvalue weighted by atomic mass is 10.0. The first kappa shape index (κ1) is 15.4. The van der Waals surface area contributed by atoms with Crippen molar-refractivity contribution in [1.82, 2.24) is 5.32 Å². The van der Waals surface area contributed by atoms with Crippen molar-refractivity contribution >= 4 is 31.7 Å². The van der Waals surface area contributed by atoms with E-state index in [-0.39, 0.29) is 21.5 Å². The van der Waals surface area contributed by atoms with Gasteiger partial charge in [0, 0.05) is 4.47 Å². The Bertz CT molecular complexity index is 678. The number of rotatable bonds is 2. The summed E-state index contributed by atoms with van der Waals surface area (Å²) in [5, 5.41) is 2.58. The predicted octanol–water partition coefficient (Wildman–Crippen LogP) is 2.03. The van der Waals surface area contributed by atoms with Crippen molar-refractivity contribution in [3.63, 3.8) is 0 Å². The van der Waals surface area contributed by atoms with Gasteiger partial charge < -0.3 is 5.32 Å². The van der Waals surface area contributed by atoms with Crippen molar-refractivity contribution in [3.05, 3.63) is 33.8 Å². The average Bonchev–Trinajstić information content (AvgIpc) is 2.57.